The van der Waals surface area contributed by atoms with E-state index in [1.807, 2.05) is 0 Å². The second kappa shape index (κ2) is 7.53. The molecule has 1 aliphatic heterocycles. The molecule has 2 heterocycles. The van der Waals surface area contributed by atoms with E-state index in [2.05, 4.69) is 0 Å². The predicted molar refractivity (Wildman–Crippen MR) is 103 cm³/mol. The van der Waals surface area contributed by atoms with Gasteiger partial charge in [-0.2, -0.15) is 0 Å². The Morgan fingerprint density at radius 1 is 1.42 bits per heavy atom. The molecule has 9 heteroatoms. The van der Waals surface area contributed by atoms with Crippen LogP contribution in [0.25, 0.3) is 17.4 Å². The lowest BCUT2D eigenvalue weighted by Gasteiger charge is -2.09. The lowest BCUT2D eigenvalue weighted by atomic mass is 10.1. The first kappa shape index (κ1) is 18.5. The minimum atomic E-state index is -1.13. The van der Waals surface area contributed by atoms with Crippen molar-refractivity contribution < 1.29 is 23.8 Å². The zero-order valence-corrected chi connectivity index (χ0v) is 15.8. The molecule has 1 N–H and O–H groups in total. The summed E-state index contributed by atoms with van der Waals surface area (Å²) in [5, 5.41) is 9.33. The molecule has 134 valence electrons. The topological polar surface area (TPSA) is 80.0 Å². The Morgan fingerprint density at radius 2 is 2.19 bits per heavy atom. The molecule has 6 nitrogen and oxygen atoms in total. The maximum Gasteiger partial charge on any atom is 0.323 e. The number of carbonyl (C=O) groups is 2. The highest BCUT2D eigenvalue weighted by molar-refractivity contribution is 8.26. The number of thioether (sulfide) groups is 1. The second-order valence-electron chi connectivity index (χ2n) is 5.21. The molecule has 2 aromatic rings. The molecule has 0 spiro atoms. The molecule has 1 aliphatic rings. The summed E-state index contributed by atoms with van der Waals surface area (Å²) in [5.74, 6) is 0.0140. The molecule has 0 unspecified atom stereocenters. The molecule has 0 atom stereocenters. The average molecular weight is 410 g/mol. The number of aliphatic carboxylic acids is 1. The van der Waals surface area contributed by atoms with E-state index >= 15 is 0 Å². The summed E-state index contributed by atoms with van der Waals surface area (Å²) >= 11 is 12.3. The molecule has 0 saturated carbocycles. The summed E-state index contributed by atoms with van der Waals surface area (Å²) in [6, 6.07) is 8.64. The van der Waals surface area contributed by atoms with Crippen LogP contribution in [0.2, 0.25) is 5.02 Å². The molecule has 1 aromatic heterocycles. The maximum absolute atomic E-state index is 12.3. The monoisotopic (exact) mass is 409 g/mol. The van der Waals surface area contributed by atoms with Gasteiger partial charge in [0.15, 0.2) is 0 Å². The Bertz CT molecular complexity index is 937. The van der Waals surface area contributed by atoms with E-state index in [1.54, 1.807) is 37.4 Å². The number of amides is 1. The van der Waals surface area contributed by atoms with E-state index in [1.165, 1.54) is 6.08 Å². The van der Waals surface area contributed by atoms with E-state index in [0.29, 0.717) is 32.8 Å². The summed E-state index contributed by atoms with van der Waals surface area (Å²) in [4.78, 5) is 24.4. The van der Waals surface area contributed by atoms with Crippen LogP contribution in [0.4, 0.5) is 0 Å². The normalized spacial score (nSPS) is 15.8. The minimum absolute atomic E-state index is 0.202. The van der Waals surface area contributed by atoms with Crippen LogP contribution in [0, 0.1) is 0 Å². The molecular weight excluding hydrogens is 398 g/mol. The number of ether oxygens (including phenoxy) is 1. The first-order valence-corrected chi connectivity index (χ1v) is 8.90. The number of benzene rings is 1. The van der Waals surface area contributed by atoms with E-state index in [-0.39, 0.29) is 4.32 Å². The number of halogens is 1. The Kier molecular flexibility index (Phi) is 5.36. The van der Waals surface area contributed by atoms with Crippen molar-refractivity contribution in [2.45, 2.75) is 0 Å². The van der Waals surface area contributed by atoms with Gasteiger partial charge in [-0.1, -0.05) is 35.6 Å². The van der Waals surface area contributed by atoms with Gasteiger partial charge in [-0.3, -0.25) is 14.5 Å². The fourth-order valence-electron chi connectivity index (χ4n) is 2.30. The van der Waals surface area contributed by atoms with Gasteiger partial charge in [-0.05, 0) is 30.3 Å². The highest BCUT2D eigenvalue weighted by Crippen LogP contribution is 2.35. The van der Waals surface area contributed by atoms with Gasteiger partial charge in [0.25, 0.3) is 5.91 Å². The number of furan rings is 1. The number of thiocarbonyl (C=S) groups is 1. The average Bonchev–Trinajstić information content (AvgIpc) is 3.15. The molecule has 0 radical (unpaired) electrons. The van der Waals surface area contributed by atoms with Crippen LogP contribution >= 0.6 is 35.6 Å². The first-order chi connectivity index (χ1) is 12.4. The minimum Gasteiger partial charge on any atom is -0.497 e. The molecule has 1 aromatic carbocycles. The number of hydrogen-bond acceptors (Lipinski definition) is 6. The quantitative estimate of drug-likeness (QED) is 0.592. The first-order valence-electron chi connectivity index (χ1n) is 7.30. The summed E-state index contributed by atoms with van der Waals surface area (Å²) in [6.45, 7) is -0.465. The van der Waals surface area contributed by atoms with Crippen LogP contribution < -0.4 is 4.74 Å². The molecule has 1 amide bonds. The number of nitrogens with zero attached hydrogens (tertiary/aromatic N) is 1. The van der Waals surface area contributed by atoms with Crippen molar-refractivity contribution >= 4 is 57.9 Å². The van der Waals surface area contributed by atoms with Crippen molar-refractivity contribution in [1.29, 1.82) is 0 Å². The van der Waals surface area contributed by atoms with Gasteiger partial charge in [0.1, 0.15) is 28.1 Å². The van der Waals surface area contributed by atoms with E-state index in [9.17, 15) is 9.59 Å². The molecule has 26 heavy (non-hydrogen) atoms. The van der Waals surface area contributed by atoms with Crippen molar-refractivity contribution in [3.05, 3.63) is 46.0 Å². The highest BCUT2D eigenvalue weighted by atomic mass is 35.5. The van der Waals surface area contributed by atoms with E-state index < -0.39 is 18.4 Å². The van der Waals surface area contributed by atoms with Crippen LogP contribution in [0.5, 0.6) is 5.75 Å². The summed E-state index contributed by atoms with van der Waals surface area (Å²) < 4.78 is 11.1. The SMILES string of the molecule is COc1ccc(-c2ccc(/C=C3\SC(=S)N(CC(=O)O)C3=O)o2)c(Cl)c1. The summed E-state index contributed by atoms with van der Waals surface area (Å²) in [5.41, 5.74) is 0.686. The van der Waals surface area contributed by atoms with Gasteiger partial charge in [-0.15, -0.1) is 0 Å². The van der Waals surface area contributed by atoms with E-state index in [0.717, 1.165) is 16.7 Å². The molecule has 1 fully saturated rings. The molecular formula is C17H12ClNO5S2. The van der Waals surface area contributed by atoms with Gasteiger partial charge in [0, 0.05) is 11.6 Å². The number of hydrogen-bond donors (Lipinski definition) is 1. The summed E-state index contributed by atoms with van der Waals surface area (Å²) in [6.07, 6.45) is 1.53. The zero-order chi connectivity index (χ0) is 18.8. The highest BCUT2D eigenvalue weighted by Gasteiger charge is 2.33. The van der Waals surface area contributed by atoms with Crippen LogP contribution in [-0.4, -0.2) is 39.9 Å². The molecule has 0 bridgehead atoms. The summed E-state index contributed by atoms with van der Waals surface area (Å²) in [7, 11) is 1.55. The second-order valence-corrected chi connectivity index (χ2v) is 7.29. The fourth-order valence-corrected chi connectivity index (χ4v) is 3.80. The van der Waals surface area contributed by atoms with Crippen molar-refractivity contribution in [3.63, 3.8) is 0 Å². The van der Waals surface area contributed by atoms with Crippen molar-refractivity contribution in [2.75, 3.05) is 13.7 Å². The standard InChI is InChI=1S/C17H12ClNO5S2/c1-23-9-2-4-11(12(18)6-9)13-5-3-10(24-13)7-14-16(22)19(8-15(20)21)17(25)26-14/h2-7H,8H2,1H3,(H,20,21)/b14-7-. The maximum atomic E-state index is 12.3. The third-order valence-corrected chi connectivity index (χ3v) is 5.20. The lowest BCUT2D eigenvalue weighted by Crippen LogP contribution is -2.33. The van der Waals surface area contributed by atoms with Gasteiger partial charge in [-0.25, -0.2) is 0 Å². The van der Waals surface area contributed by atoms with Crippen LogP contribution in [0.3, 0.4) is 0 Å². The zero-order valence-electron chi connectivity index (χ0n) is 13.4. The Balaban J connectivity index is 1.85. The van der Waals surface area contributed by atoms with Crippen LogP contribution in [0.15, 0.2) is 39.7 Å². The van der Waals surface area contributed by atoms with Gasteiger partial charge in [0.05, 0.1) is 17.0 Å². The molecule has 1 saturated heterocycles. The van der Waals surface area contributed by atoms with Crippen LogP contribution in [-0.2, 0) is 9.59 Å². The van der Waals surface area contributed by atoms with Crippen molar-refractivity contribution in [3.8, 4) is 17.1 Å². The third-order valence-electron chi connectivity index (χ3n) is 3.51. The number of carbonyl (C=O) groups excluding carboxylic acids is 1. The predicted octanol–water partition coefficient (Wildman–Crippen LogP) is 3.89. The van der Waals surface area contributed by atoms with Gasteiger partial charge in [0.2, 0.25) is 0 Å². The largest absolute Gasteiger partial charge is 0.497 e. The lowest BCUT2D eigenvalue weighted by molar-refractivity contribution is -0.140. The van der Waals surface area contributed by atoms with Crippen molar-refractivity contribution in [2.24, 2.45) is 0 Å². The fraction of sp³-hybridized carbons (Fsp3) is 0.118. The molecule has 3 rings (SSSR count). The number of methoxy groups -OCH3 is 1. The van der Waals surface area contributed by atoms with Crippen molar-refractivity contribution in [1.82, 2.24) is 4.90 Å². The number of carboxylic acids is 1. The molecule has 0 aliphatic carbocycles. The Hall–Kier alpha value is -2.29. The number of carboxylic acid groups (broad SMARTS) is 1. The van der Waals surface area contributed by atoms with E-state index in [4.69, 9.17) is 38.1 Å². The van der Waals surface area contributed by atoms with Gasteiger partial charge >= 0.3 is 5.97 Å². The smallest absolute Gasteiger partial charge is 0.323 e. The Labute approximate surface area is 163 Å². The third kappa shape index (κ3) is 3.77. The number of rotatable bonds is 5. The van der Waals surface area contributed by atoms with Crippen LogP contribution in [0.1, 0.15) is 5.76 Å². The van der Waals surface area contributed by atoms with Gasteiger partial charge < -0.3 is 14.3 Å². The Morgan fingerprint density at radius 3 is 2.85 bits per heavy atom.